The third-order valence-corrected chi connectivity index (χ3v) is 3.55. The molecule has 3 rings (SSSR count). The van der Waals surface area contributed by atoms with Gasteiger partial charge in [-0.05, 0) is 29.8 Å². The maximum Gasteiger partial charge on any atom is 0.337 e. The average molecular weight is 331 g/mol. The number of nitrogens with zero attached hydrogens (tertiary/aromatic N) is 1. The van der Waals surface area contributed by atoms with Crippen LogP contribution in [0.15, 0.2) is 46.9 Å². The molecule has 0 aliphatic carbocycles. The number of fused-ring (bicyclic) bond motifs is 1. The van der Waals surface area contributed by atoms with Crippen LogP contribution in [0.1, 0.15) is 21.7 Å². The van der Waals surface area contributed by atoms with Crippen LogP contribution in [0.2, 0.25) is 0 Å². The molecule has 5 heteroatoms. The van der Waals surface area contributed by atoms with Crippen molar-refractivity contribution in [3.05, 3.63) is 63.9 Å². The highest BCUT2D eigenvalue weighted by atomic mass is 79.9. The number of aromatic amines is 1. The lowest BCUT2D eigenvalue weighted by atomic mass is 10.1. The minimum absolute atomic E-state index is 0.222. The van der Waals surface area contributed by atoms with Crippen molar-refractivity contribution in [1.82, 2.24) is 9.97 Å². The van der Waals surface area contributed by atoms with Crippen LogP contribution < -0.4 is 0 Å². The SMILES string of the molecule is O=C(O)c1cccc2[nH]c(Cc3cccc(Br)c3)nc12. The number of imidazole rings is 1. The Labute approximate surface area is 123 Å². The van der Waals surface area contributed by atoms with Crippen LogP contribution in [0.5, 0.6) is 0 Å². The van der Waals surface area contributed by atoms with E-state index in [0.717, 1.165) is 21.4 Å². The zero-order valence-electron chi connectivity index (χ0n) is 10.4. The van der Waals surface area contributed by atoms with E-state index in [1.807, 2.05) is 30.3 Å². The Morgan fingerprint density at radius 1 is 1.25 bits per heavy atom. The van der Waals surface area contributed by atoms with Crippen LogP contribution in [0, 0.1) is 0 Å². The number of H-pyrrole nitrogens is 1. The Bertz CT molecular complexity index is 795. The van der Waals surface area contributed by atoms with Gasteiger partial charge in [-0.1, -0.05) is 34.1 Å². The third kappa shape index (κ3) is 2.44. The molecule has 1 aromatic heterocycles. The number of hydrogen-bond donors (Lipinski definition) is 2. The maximum absolute atomic E-state index is 11.2. The number of para-hydroxylation sites is 1. The van der Waals surface area contributed by atoms with E-state index in [1.54, 1.807) is 12.1 Å². The Balaban J connectivity index is 2.01. The zero-order valence-corrected chi connectivity index (χ0v) is 12.0. The fourth-order valence-electron chi connectivity index (χ4n) is 2.18. The number of aromatic nitrogens is 2. The first-order valence-corrected chi connectivity index (χ1v) is 6.88. The molecule has 1 heterocycles. The monoisotopic (exact) mass is 330 g/mol. The lowest BCUT2D eigenvalue weighted by Crippen LogP contribution is -1.97. The summed E-state index contributed by atoms with van der Waals surface area (Å²) < 4.78 is 1.01. The highest BCUT2D eigenvalue weighted by Crippen LogP contribution is 2.19. The van der Waals surface area contributed by atoms with E-state index in [4.69, 9.17) is 5.11 Å². The molecule has 0 atom stereocenters. The number of carboxylic acids is 1. The fourth-order valence-corrected chi connectivity index (χ4v) is 2.63. The molecule has 0 saturated heterocycles. The van der Waals surface area contributed by atoms with Gasteiger partial charge in [-0.2, -0.15) is 0 Å². The molecule has 20 heavy (non-hydrogen) atoms. The number of carbonyl (C=O) groups is 1. The van der Waals surface area contributed by atoms with Gasteiger partial charge in [0.25, 0.3) is 0 Å². The second kappa shape index (κ2) is 5.09. The highest BCUT2D eigenvalue weighted by Gasteiger charge is 2.12. The lowest BCUT2D eigenvalue weighted by molar-refractivity contribution is 0.0699. The summed E-state index contributed by atoms with van der Waals surface area (Å²) in [6.07, 6.45) is 0.632. The number of carboxylic acid groups (broad SMARTS) is 1. The smallest absolute Gasteiger partial charge is 0.337 e. The number of aromatic carboxylic acids is 1. The predicted molar refractivity (Wildman–Crippen MR) is 80.0 cm³/mol. The number of hydrogen-bond acceptors (Lipinski definition) is 2. The molecule has 0 saturated carbocycles. The molecule has 100 valence electrons. The van der Waals surface area contributed by atoms with Gasteiger partial charge in [0, 0.05) is 10.9 Å². The summed E-state index contributed by atoms with van der Waals surface area (Å²) in [5.74, 6) is -0.206. The molecule has 4 nitrogen and oxygen atoms in total. The van der Waals surface area contributed by atoms with Gasteiger partial charge in [0.15, 0.2) is 0 Å². The topological polar surface area (TPSA) is 66.0 Å². The summed E-state index contributed by atoms with van der Waals surface area (Å²) in [6, 6.07) is 13.1. The first-order chi connectivity index (χ1) is 9.63. The predicted octanol–water partition coefficient (Wildman–Crippen LogP) is 3.61. The molecule has 2 N–H and O–H groups in total. The van der Waals surface area contributed by atoms with Crippen molar-refractivity contribution in [1.29, 1.82) is 0 Å². The number of benzene rings is 2. The molecule has 0 spiro atoms. The van der Waals surface area contributed by atoms with Crippen LogP contribution in [0.3, 0.4) is 0 Å². The van der Waals surface area contributed by atoms with Crippen LogP contribution in [0.25, 0.3) is 11.0 Å². The minimum atomic E-state index is -0.962. The zero-order chi connectivity index (χ0) is 14.1. The largest absolute Gasteiger partial charge is 0.478 e. The molecule has 0 aliphatic heterocycles. The summed E-state index contributed by atoms with van der Waals surface area (Å²) in [5.41, 5.74) is 2.58. The van der Waals surface area contributed by atoms with E-state index >= 15 is 0 Å². The first kappa shape index (κ1) is 12.9. The summed E-state index contributed by atoms with van der Waals surface area (Å²) in [5, 5.41) is 9.16. The van der Waals surface area contributed by atoms with Gasteiger partial charge >= 0.3 is 5.97 Å². The van der Waals surface area contributed by atoms with E-state index in [-0.39, 0.29) is 5.56 Å². The van der Waals surface area contributed by atoms with Gasteiger partial charge in [-0.15, -0.1) is 0 Å². The molecule has 0 bridgehead atoms. The molecule has 0 aliphatic rings. The molecular weight excluding hydrogens is 320 g/mol. The Kier molecular flexibility index (Phi) is 3.28. The van der Waals surface area contributed by atoms with Crippen LogP contribution >= 0.6 is 15.9 Å². The van der Waals surface area contributed by atoms with Gasteiger partial charge in [0.2, 0.25) is 0 Å². The van der Waals surface area contributed by atoms with E-state index in [0.29, 0.717) is 11.9 Å². The summed E-state index contributed by atoms with van der Waals surface area (Å²) >= 11 is 3.43. The van der Waals surface area contributed by atoms with E-state index < -0.39 is 5.97 Å². The van der Waals surface area contributed by atoms with Gasteiger partial charge in [0.1, 0.15) is 11.3 Å². The molecule has 0 radical (unpaired) electrons. The average Bonchev–Trinajstić information content (AvgIpc) is 2.80. The number of halogens is 1. The van der Waals surface area contributed by atoms with Gasteiger partial charge in [0.05, 0.1) is 11.1 Å². The first-order valence-electron chi connectivity index (χ1n) is 6.09. The lowest BCUT2D eigenvalue weighted by Gasteiger charge is -1.98. The molecule has 2 aromatic carbocycles. The summed E-state index contributed by atoms with van der Waals surface area (Å²) in [4.78, 5) is 18.7. The maximum atomic E-state index is 11.2. The molecule has 0 fully saturated rings. The van der Waals surface area contributed by atoms with E-state index in [1.165, 1.54) is 0 Å². The van der Waals surface area contributed by atoms with Crippen molar-refractivity contribution in [2.75, 3.05) is 0 Å². The van der Waals surface area contributed by atoms with Gasteiger partial charge < -0.3 is 10.1 Å². The van der Waals surface area contributed by atoms with Crippen molar-refractivity contribution in [3.8, 4) is 0 Å². The third-order valence-electron chi connectivity index (χ3n) is 3.05. The highest BCUT2D eigenvalue weighted by molar-refractivity contribution is 9.10. The van der Waals surface area contributed by atoms with Crippen LogP contribution in [-0.2, 0) is 6.42 Å². The van der Waals surface area contributed by atoms with E-state index in [2.05, 4.69) is 25.9 Å². The standard InChI is InChI=1S/C15H11BrN2O2/c16-10-4-1-3-9(7-10)8-13-17-12-6-2-5-11(15(19)20)14(12)18-13/h1-7H,8H2,(H,17,18)(H,19,20). The van der Waals surface area contributed by atoms with E-state index in [9.17, 15) is 4.79 Å². The second-order valence-electron chi connectivity index (χ2n) is 4.50. The van der Waals surface area contributed by atoms with Gasteiger partial charge in [-0.3, -0.25) is 0 Å². The number of nitrogens with one attached hydrogen (secondary N) is 1. The fraction of sp³-hybridized carbons (Fsp3) is 0.0667. The molecule has 3 aromatic rings. The van der Waals surface area contributed by atoms with Crippen molar-refractivity contribution in [2.24, 2.45) is 0 Å². The second-order valence-corrected chi connectivity index (χ2v) is 5.41. The van der Waals surface area contributed by atoms with Crippen LogP contribution in [0.4, 0.5) is 0 Å². The van der Waals surface area contributed by atoms with Crippen LogP contribution in [-0.4, -0.2) is 21.0 Å². The minimum Gasteiger partial charge on any atom is -0.478 e. The van der Waals surface area contributed by atoms with Gasteiger partial charge in [-0.25, -0.2) is 9.78 Å². The summed E-state index contributed by atoms with van der Waals surface area (Å²) in [6.45, 7) is 0. The van der Waals surface area contributed by atoms with Crippen molar-refractivity contribution >= 4 is 32.9 Å². The quantitative estimate of drug-likeness (QED) is 0.770. The Morgan fingerprint density at radius 3 is 2.80 bits per heavy atom. The normalized spacial score (nSPS) is 10.8. The van der Waals surface area contributed by atoms with Crippen molar-refractivity contribution in [2.45, 2.75) is 6.42 Å². The molecule has 0 unspecified atom stereocenters. The van der Waals surface area contributed by atoms with Crippen molar-refractivity contribution in [3.63, 3.8) is 0 Å². The summed E-state index contributed by atoms with van der Waals surface area (Å²) in [7, 11) is 0. The molecular formula is C15H11BrN2O2. The number of rotatable bonds is 3. The molecule has 0 amide bonds. The Morgan fingerprint density at radius 2 is 2.05 bits per heavy atom. The van der Waals surface area contributed by atoms with Crippen molar-refractivity contribution < 1.29 is 9.90 Å². The Hall–Kier alpha value is -2.14.